The Hall–Kier alpha value is -3.05. The number of alkyl halides is 3. The third kappa shape index (κ3) is 6.22. The lowest BCUT2D eigenvalue weighted by Gasteiger charge is -2.18. The number of carbonyl (C=O) groups is 2. The van der Waals surface area contributed by atoms with Gasteiger partial charge in [-0.3, -0.25) is 4.79 Å². The van der Waals surface area contributed by atoms with Crippen LogP contribution in [0.25, 0.3) is 0 Å². The van der Waals surface area contributed by atoms with Gasteiger partial charge in [0.25, 0.3) is 5.91 Å². The van der Waals surface area contributed by atoms with Crippen LogP contribution >= 0.6 is 11.6 Å². The number of amides is 1. The van der Waals surface area contributed by atoms with Crippen LogP contribution < -0.4 is 14.8 Å². The summed E-state index contributed by atoms with van der Waals surface area (Å²) in [5.41, 5.74) is -1.01. The Morgan fingerprint density at radius 3 is 2.30 bits per heavy atom. The molecule has 12 heteroatoms. The van der Waals surface area contributed by atoms with Gasteiger partial charge in [0.05, 0.1) is 5.56 Å². The van der Waals surface area contributed by atoms with Crippen molar-refractivity contribution in [2.75, 3.05) is 7.11 Å². The normalized spacial score (nSPS) is 13.3. The number of carboxylic acid groups (broad SMARTS) is 1. The minimum Gasteiger partial charge on any atom is -0.481 e. The van der Waals surface area contributed by atoms with E-state index in [1.54, 1.807) is 0 Å². The first-order valence-electron chi connectivity index (χ1n) is 8.24. The molecule has 0 saturated carbocycles. The molecule has 2 aromatic rings. The van der Waals surface area contributed by atoms with Gasteiger partial charge in [-0.05, 0) is 37.3 Å². The van der Waals surface area contributed by atoms with E-state index in [9.17, 15) is 22.8 Å². The lowest BCUT2D eigenvalue weighted by Crippen LogP contribution is -2.47. The number of rotatable bonds is 8. The zero-order valence-corrected chi connectivity index (χ0v) is 16.3. The molecule has 0 spiro atoms. The summed E-state index contributed by atoms with van der Waals surface area (Å²) in [6, 6.07) is 6.41. The molecule has 1 heterocycles. The van der Waals surface area contributed by atoms with Crippen molar-refractivity contribution < 1.29 is 42.1 Å². The van der Waals surface area contributed by atoms with E-state index in [1.165, 1.54) is 31.2 Å². The molecule has 0 fully saturated rings. The summed E-state index contributed by atoms with van der Waals surface area (Å²) in [6.07, 6.45) is -6.53. The van der Waals surface area contributed by atoms with Gasteiger partial charge in [0.15, 0.2) is 6.10 Å². The van der Waals surface area contributed by atoms with Crippen LogP contribution in [0, 0.1) is 0 Å². The fourth-order valence-electron chi connectivity index (χ4n) is 2.08. The highest BCUT2D eigenvalue weighted by molar-refractivity contribution is 6.31. The number of ether oxygens (including phenoxy) is 3. The van der Waals surface area contributed by atoms with Crippen LogP contribution in [0.1, 0.15) is 12.5 Å². The average Bonchev–Trinajstić information content (AvgIpc) is 2.67. The Balaban J connectivity index is 2.00. The number of methoxy groups -OCH3 is 1. The fourth-order valence-corrected chi connectivity index (χ4v) is 2.28. The SMILES string of the molecule is COC(NC(=O)C(C)Oc1ccc(Oc2ncc(C(F)(F)F)cc2Cl)cc1)C(=O)O. The second-order valence-corrected chi connectivity index (χ2v) is 6.21. The van der Waals surface area contributed by atoms with Gasteiger partial charge in [-0.2, -0.15) is 13.2 Å². The van der Waals surface area contributed by atoms with Crippen LogP contribution in [-0.2, 0) is 20.5 Å². The van der Waals surface area contributed by atoms with Crippen molar-refractivity contribution in [2.45, 2.75) is 25.4 Å². The van der Waals surface area contributed by atoms with E-state index in [2.05, 4.69) is 15.0 Å². The molecule has 0 saturated heterocycles. The predicted molar refractivity (Wildman–Crippen MR) is 97.4 cm³/mol. The molecule has 8 nitrogen and oxygen atoms in total. The molecule has 0 aliphatic carbocycles. The summed E-state index contributed by atoms with van der Waals surface area (Å²) in [6.45, 7) is 1.40. The first kappa shape index (κ1) is 23.2. The van der Waals surface area contributed by atoms with Gasteiger partial charge in [0.2, 0.25) is 12.1 Å². The van der Waals surface area contributed by atoms with E-state index >= 15 is 0 Å². The van der Waals surface area contributed by atoms with E-state index in [1.807, 2.05) is 0 Å². The van der Waals surface area contributed by atoms with Crippen molar-refractivity contribution in [1.29, 1.82) is 0 Å². The van der Waals surface area contributed by atoms with E-state index in [0.717, 1.165) is 7.11 Å². The smallest absolute Gasteiger partial charge is 0.417 e. The van der Waals surface area contributed by atoms with Gasteiger partial charge in [-0.1, -0.05) is 11.6 Å². The number of nitrogens with zero attached hydrogens (tertiary/aromatic N) is 1. The molecule has 0 aliphatic heterocycles. The largest absolute Gasteiger partial charge is 0.481 e. The van der Waals surface area contributed by atoms with Crippen molar-refractivity contribution in [3.05, 3.63) is 47.1 Å². The van der Waals surface area contributed by atoms with Gasteiger partial charge in [-0.15, -0.1) is 0 Å². The molecule has 1 aromatic heterocycles. The molecule has 0 radical (unpaired) electrons. The van der Waals surface area contributed by atoms with Gasteiger partial charge in [0, 0.05) is 13.3 Å². The first-order chi connectivity index (χ1) is 14.0. The molecule has 1 amide bonds. The van der Waals surface area contributed by atoms with Crippen molar-refractivity contribution in [1.82, 2.24) is 10.3 Å². The molecule has 1 aromatic carbocycles. The summed E-state index contributed by atoms with van der Waals surface area (Å²) in [5, 5.41) is 10.7. The highest BCUT2D eigenvalue weighted by Gasteiger charge is 2.32. The number of aromatic nitrogens is 1. The summed E-state index contributed by atoms with van der Waals surface area (Å²) >= 11 is 5.79. The number of pyridine rings is 1. The molecule has 2 N–H and O–H groups in total. The summed E-state index contributed by atoms with van der Waals surface area (Å²) < 4.78 is 53.3. The highest BCUT2D eigenvalue weighted by atomic mass is 35.5. The fraction of sp³-hybridized carbons (Fsp3) is 0.278. The van der Waals surface area contributed by atoms with Crippen molar-refractivity contribution in [3.63, 3.8) is 0 Å². The van der Waals surface area contributed by atoms with Crippen molar-refractivity contribution >= 4 is 23.5 Å². The highest BCUT2D eigenvalue weighted by Crippen LogP contribution is 2.34. The topological polar surface area (TPSA) is 107 Å². The zero-order chi connectivity index (χ0) is 22.5. The Labute approximate surface area is 173 Å². The lowest BCUT2D eigenvalue weighted by molar-refractivity contribution is -0.154. The molecule has 0 aliphatic rings. The van der Waals surface area contributed by atoms with E-state index in [4.69, 9.17) is 26.2 Å². The monoisotopic (exact) mass is 448 g/mol. The molecular formula is C18H16ClF3N2O6. The maximum atomic E-state index is 12.6. The van der Waals surface area contributed by atoms with E-state index in [0.29, 0.717) is 12.3 Å². The number of benzene rings is 1. The van der Waals surface area contributed by atoms with Crippen molar-refractivity contribution in [2.24, 2.45) is 0 Å². The van der Waals surface area contributed by atoms with Crippen molar-refractivity contribution in [3.8, 4) is 17.4 Å². The molecule has 0 bridgehead atoms. The molecule has 2 atom stereocenters. The summed E-state index contributed by atoms with van der Waals surface area (Å²) in [4.78, 5) is 26.4. The third-order valence-corrected chi connectivity index (χ3v) is 3.86. The number of carboxylic acids is 1. The number of halogens is 4. The minimum atomic E-state index is -4.58. The maximum absolute atomic E-state index is 12.6. The Morgan fingerprint density at radius 2 is 1.80 bits per heavy atom. The number of aliphatic carboxylic acids is 1. The molecule has 2 unspecified atom stereocenters. The van der Waals surface area contributed by atoms with Crippen LogP contribution in [0.3, 0.4) is 0 Å². The molecule has 162 valence electrons. The van der Waals surface area contributed by atoms with Gasteiger partial charge < -0.3 is 24.6 Å². The number of carbonyl (C=O) groups excluding carboxylic acids is 1. The van der Waals surface area contributed by atoms with Gasteiger partial charge in [0.1, 0.15) is 16.5 Å². The zero-order valence-electron chi connectivity index (χ0n) is 15.6. The number of hydrogen-bond donors (Lipinski definition) is 2. The number of nitrogens with one attached hydrogen (secondary N) is 1. The Kier molecular flexibility index (Phi) is 7.46. The average molecular weight is 449 g/mol. The Bertz CT molecular complexity index is 908. The first-order valence-corrected chi connectivity index (χ1v) is 8.62. The van der Waals surface area contributed by atoms with Crippen LogP contribution in [0.15, 0.2) is 36.5 Å². The van der Waals surface area contributed by atoms with E-state index in [-0.39, 0.29) is 22.4 Å². The standard InChI is InChI=1S/C18H16ClF3N2O6/c1-9(14(25)24-16(28-2)17(26)27)29-11-3-5-12(6-4-11)30-15-13(19)7-10(8-23-15)18(20,21)22/h3-9,16H,1-2H3,(H,24,25)(H,26,27). The van der Waals surface area contributed by atoms with Crippen LogP contribution in [0.5, 0.6) is 17.4 Å². The quantitative estimate of drug-likeness (QED) is 0.595. The van der Waals surface area contributed by atoms with Crippen LogP contribution in [0.2, 0.25) is 5.02 Å². The summed E-state index contributed by atoms with van der Waals surface area (Å²) in [5.74, 6) is -1.84. The molecular weight excluding hydrogens is 433 g/mol. The predicted octanol–water partition coefficient (Wildman–Crippen LogP) is 3.49. The van der Waals surface area contributed by atoms with Gasteiger partial charge >= 0.3 is 12.1 Å². The second-order valence-electron chi connectivity index (χ2n) is 5.80. The lowest BCUT2D eigenvalue weighted by atomic mass is 10.3. The molecule has 30 heavy (non-hydrogen) atoms. The van der Waals surface area contributed by atoms with Crippen LogP contribution in [-0.4, -0.2) is 41.4 Å². The summed E-state index contributed by atoms with van der Waals surface area (Å²) in [7, 11) is 1.13. The maximum Gasteiger partial charge on any atom is 0.417 e. The minimum absolute atomic E-state index is 0.207. The van der Waals surface area contributed by atoms with Gasteiger partial charge in [-0.25, -0.2) is 9.78 Å². The van der Waals surface area contributed by atoms with E-state index < -0.39 is 35.9 Å². The number of hydrogen-bond acceptors (Lipinski definition) is 6. The third-order valence-electron chi connectivity index (χ3n) is 3.59. The second kappa shape index (κ2) is 9.63. The molecule has 2 rings (SSSR count). The Morgan fingerprint density at radius 1 is 1.20 bits per heavy atom. The van der Waals surface area contributed by atoms with Crippen LogP contribution in [0.4, 0.5) is 13.2 Å².